The van der Waals surface area contributed by atoms with E-state index in [4.69, 9.17) is 0 Å². The number of aromatic nitrogens is 3. The van der Waals surface area contributed by atoms with Gasteiger partial charge in [0.05, 0.1) is 33.4 Å². The molecule has 55 heavy (non-hydrogen) atoms. The quantitative estimate of drug-likeness (QED) is 0.175. The molecule has 11 aromatic rings. The molecule has 8 aromatic carbocycles. The van der Waals surface area contributed by atoms with Gasteiger partial charge >= 0.3 is 0 Å². The summed E-state index contributed by atoms with van der Waals surface area (Å²) in [6.45, 7) is 0. The van der Waals surface area contributed by atoms with Gasteiger partial charge in [0.25, 0.3) is 0 Å². The molecule has 0 radical (unpaired) electrons. The highest BCUT2D eigenvalue weighted by Gasteiger charge is 2.19. The van der Waals surface area contributed by atoms with Crippen LogP contribution in [0, 0.1) is 23.3 Å². The molecule has 0 unspecified atom stereocenters. The van der Waals surface area contributed by atoms with Gasteiger partial charge in [-0.15, -0.1) is 0 Å². The van der Waals surface area contributed by atoms with E-state index < -0.39 is 0 Å². The van der Waals surface area contributed by atoms with E-state index in [0.717, 1.165) is 76.9 Å². The average Bonchev–Trinajstić information content (AvgIpc) is 3.84. The fourth-order valence-corrected chi connectivity index (χ4v) is 8.39. The molecule has 0 aliphatic carbocycles. The lowest BCUT2D eigenvalue weighted by Gasteiger charge is -2.09. The molecular formula is C48H27F4N3. The molecule has 0 atom stereocenters. The van der Waals surface area contributed by atoms with Crippen LogP contribution in [-0.4, -0.2) is 14.1 Å². The Bertz CT molecular complexity index is 3160. The van der Waals surface area contributed by atoms with Crippen molar-refractivity contribution in [1.29, 1.82) is 0 Å². The molecule has 262 valence electrons. The summed E-state index contributed by atoms with van der Waals surface area (Å²) in [4.78, 5) is 3.55. The van der Waals surface area contributed by atoms with Gasteiger partial charge in [0.1, 0.15) is 23.3 Å². The van der Waals surface area contributed by atoms with Crippen LogP contribution in [0.4, 0.5) is 17.6 Å². The van der Waals surface area contributed by atoms with Crippen LogP contribution >= 0.6 is 0 Å². The fraction of sp³-hybridized carbons (Fsp3) is 0. The molecule has 0 fully saturated rings. The number of benzene rings is 8. The SMILES string of the molecule is Fc1ccc2c(c1)c1cc(-c3ccc4[nH]c5ccc(-c6ccc7c(c6)c6cc(F)ccc6n7-c6ccccc6F)cc5c4c3)ccc1n2-c1ccccc1F. The van der Waals surface area contributed by atoms with Crippen molar-refractivity contribution < 1.29 is 17.6 Å². The third-order valence-corrected chi connectivity index (χ3v) is 10.9. The Kier molecular flexibility index (Phi) is 6.68. The van der Waals surface area contributed by atoms with Crippen LogP contribution in [0.3, 0.4) is 0 Å². The van der Waals surface area contributed by atoms with Crippen molar-refractivity contribution in [2.24, 2.45) is 0 Å². The van der Waals surface area contributed by atoms with Crippen molar-refractivity contribution >= 4 is 65.4 Å². The minimum absolute atomic E-state index is 0.358. The Balaban J connectivity index is 1.05. The smallest absolute Gasteiger partial charge is 0.147 e. The number of halogens is 4. The molecule has 3 aromatic heterocycles. The summed E-state index contributed by atoms with van der Waals surface area (Å²) in [7, 11) is 0. The van der Waals surface area contributed by atoms with Gasteiger partial charge in [-0.25, -0.2) is 17.6 Å². The number of aromatic amines is 1. The van der Waals surface area contributed by atoms with Crippen LogP contribution in [0.2, 0.25) is 0 Å². The Hall–Kier alpha value is -7.12. The van der Waals surface area contributed by atoms with Crippen molar-refractivity contribution in [3.63, 3.8) is 0 Å². The molecule has 3 nitrogen and oxygen atoms in total. The summed E-state index contributed by atoms with van der Waals surface area (Å²) in [6, 6.07) is 47.1. The number of nitrogens with zero attached hydrogens (tertiary/aromatic N) is 2. The second-order valence-electron chi connectivity index (χ2n) is 14.0. The van der Waals surface area contributed by atoms with Crippen LogP contribution in [0.15, 0.2) is 158 Å². The van der Waals surface area contributed by atoms with Crippen LogP contribution < -0.4 is 0 Å². The number of nitrogens with one attached hydrogen (secondary N) is 1. The van der Waals surface area contributed by atoms with Crippen LogP contribution in [0.5, 0.6) is 0 Å². The summed E-state index contributed by atoms with van der Waals surface area (Å²) in [5.74, 6) is -1.43. The summed E-state index contributed by atoms with van der Waals surface area (Å²) in [5, 5.41) is 5.12. The first-order valence-corrected chi connectivity index (χ1v) is 17.9. The molecule has 0 saturated carbocycles. The van der Waals surface area contributed by atoms with Gasteiger partial charge < -0.3 is 14.1 Å². The summed E-state index contributed by atoms with van der Waals surface area (Å²) in [5.41, 5.74) is 9.62. The van der Waals surface area contributed by atoms with Gasteiger partial charge in [-0.1, -0.05) is 48.5 Å². The zero-order valence-corrected chi connectivity index (χ0v) is 28.9. The lowest BCUT2D eigenvalue weighted by Crippen LogP contribution is -1.97. The van der Waals surface area contributed by atoms with Gasteiger partial charge in [-0.05, 0) is 131 Å². The predicted octanol–water partition coefficient (Wildman–Crippen LogP) is 13.4. The number of hydrogen-bond donors (Lipinski definition) is 1. The maximum atomic E-state index is 15.1. The maximum Gasteiger partial charge on any atom is 0.147 e. The van der Waals surface area contributed by atoms with Crippen molar-refractivity contribution in [3.05, 3.63) is 181 Å². The van der Waals surface area contributed by atoms with E-state index in [1.54, 1.807) is 48.5 Å². The largest absolute Gasteiger partial charge is 0.355 e. The molecule has 0 spiro atoms. The fourth-order valence-electron chi connectivity index (χ4n) is 8.39. The van der Waals surface area contributed by atoms with E-state index >= 15 is 8.78 Å². The molecule has 1 N–H and O–H groups in total. The topological polar surface area (TPSA) is 25.6 Å². The molecule has 0 bridgehead atoms. The molecule has 3 heterocycles. The lowest BCUT2D eigenvalue weighted by atomic mass is 9.98. The van der Waals surface area contributed by atoms with E-state index in [1.807, 2.05) is 45.5 Å². The van der Waals surface area contributed by atoms with Gasteiger partial charge in [-0.3, -0.25) is 0 Å². The zero-order chi connectivity index (χ0) is 36.9. The molecule has 0 amide bonds. The first-order valence-electron chi connectivity index (χ1n) is 17.9. The highest BCUT2D eigenvalue weighted by molar-refractivity contribution is 6.13. The number of H-pyrrole nitrogens is 1. The maximum absolute atomic E-state index is 15.1. The van der Waals surface area contributed by atoms with Gasteiger partial charge in [0, 0.05) is 43.4 Å². The zero-order valence-electron chi connectivity index (χ0n) is 28.9. The lowest BCUT2D eigenvalue weighted by molar-refractivity contribution is 0.620. The first kappa shape index (κ1) is 31.4. The number of hydrogen-bond acceptors (Lipinski definition) is 0. The van der Waals surface area contributed by atoms with Crippen molar-refractivity contribution in [2.75, 3.05) is 0 Å². The minimum Gasteiger partial charge on any atom is -0.355 e. The monoisotopic (exact) mass is 721 g/mol. The molecule has 0 aliphatic heterocycles. The normalized spacial score (nSPS) is 12.0. The van der Waals surface area contributed by atoms with Crippen LogP contribution in [-0.2, 0) is 0 Å². The molecular weight excluding hydrogens is 695 g/mol. The summed E-state index contributed by atoms with van der Waals surface area (Å²) in [6.07, 6.45) is 0. The average molecular weight is 722 g/mol. The van der Waals surface area contributed by atoms with Crippen molar-refractivity contribution in [1.82, 2.24) is 14.1 Å². The first-order chi connectivity index (χ1) is 26.9. The Labute approximate surface area is 310 Å². The number of fused-ring (bicyclic) bond motifs is 9. The van der Waals surface area contributed by atoms with Gasteiger partial charge in [0.15, 0.2) is 0 Å². The van der Waals surface area contributed by atoms with E-state index in [0.29, 0.717) is 22.1 Å². The molecule has 0 aliphatic rings. The molecule has 11 rings (SSSR count). The highest BCUT2D eigenvalue weighted by atomic mass is 19.1. The van der Waals surface area contributed by atoms with E-state index in [1.165, 1.54) is 36.4 Å². The van der Waals surface area contributed by atoms with Gasteiger partial charge in [-0.2, -0.15) is 0 Å². The third kappa shape index (κ3) is 4.76. The van der Waals surface area contributed by atoms with Crippen LogP contribution in [0.1, 0.15) is 0 Å². The molecule has 7 heteroatoms. The van der Waals surface area contributed by atoms with Crippen molar-refractivity contribution in [3.8, 4) is 33.6 Å². The van der Waals surface area contributed by atoms with Crippen molar-refractivity contribution in [2.45, 2.75) is 0 Å². The van der Waals surface area contributed by atoms with Gasteiger partial charge in [0.2, 0.25) is 0 Å². The standard InChI is InChI=1S/C48H27F4N3/c49-31-13-19-45-37(25-31)35-23-29(11-17-43(35)54(45)47-7-3-1-5-39(47)51)27-9-15-41-33(21-27)34-22-28(10-16-42(34)53-41)30-12-18-44-36(24-30)38-26-32(50)14-20-46(38)55(44)48-8-4-2-6-40(48)52/h1-26,53H. The number of para-hydroxylation sites is 2. The van der Waals surface area contributed by atoms with E-state index in [9.17, 15) is 8.78 Å². The summed E-state index contributed by atoms with van der Waals surface area (Å²) >= 11 is 0. The second-order valence-corrected chi connectivity index (χ2v) is 14.0. The second kappa shape index (κ2) is 11.7. The Morgan fingerprint density at radius 2 is 0.673 bits per heavy atom. The molecule has 0 saturated heterocycles. The predicted molar refractivity (Wildman–Crippen MR) is 215 cm³/mol. The van der Waals surface area contributed by atoms with Crippen LogP contribution in [0.25, 0.3) is 99.0 Å². The van der Waals surface area contributed by atoms with E-state index in [-0.39, 0.29) is 23.3 Å². The Morgan fingerprint density at radius 3 is 1.09 bits per heavy atom. The minimum atomic E-state index is -0.359. The van der Waals surface area contributed by atoms with E-state index in [2.05, 4.69) is 41.4 Å². The number of rotatable bonds is 4. The third-order valence-electron chi connectivity index (χ3n) is 10.9. The Morgan fingerprint density at radius 1 is 0.327 bits per heavy atom. The highest BCUT2D eigenvalue weighted by Crippen LogP contribution is 2.40. The summed E-state index contributed by atoms with van der Waals surface area (Å²) < 4.78 is 63.2.